The van der Waals surface area contributed by atoms with Gasteiger partial charge in [-0.25, -0.2) is 24.1 Å². The Hall–Kier alpha value is -3.41. The molecule has 5 rings (SSSR count). The van der Waals surface area contributed by atoms with E-state index < -0.39 is 11.8 Å². The average Bonchev–Trinajstić information content (AvgIpc) is 3.50. The molecule has 216 valence electrons. The zero-order valence-electron chi connectivity index (χ0n) is 22.7. The number of aliphatic carboxylic acids is 1. The van der Waals surface area contributed by atoms with Crippen LogP contribution >= 0.6 is 22.9 Å². The maximum absolute atomic E-state index is 14.2. The van der Waals surface area contributed by atoms with Crippen LogP contribution in [0, 0.1) is 18.7 Å². The van der Waals surface area contributed by atoms with Gasteiger partial charge in [-0.15, -0.1) is 11.3 Å². The van der Waals surface area contributed by atoms with Crippen LogP contribution in [0.2, 0.25) is 5.02 Å². The van der Waals surface area contributed by atoms with Gasteiger partial charge in [0, 0.05) is 42.9 Å². The SMILES string of the molecule is C=CC(=Nc1c(C)nc(CC2CCN(C(=O)c3nc(Cc4ccc(Cl)cc4F)cs3)CC2)n1C[C@@H]1CCO1)C(=O)O. The van der Waals surface area contributed by atoms with Crippen molar-refractivity contribution in [3.8, 4) is 0 Å². The molecule has 41 heavy (non-hydrogen) atoms. The van der Waals surface area contributed by atoms with E-state index in [0.29, 0.717) is 77.8 Å². The number of ether oxygens (including phenoxy) is 1. The third kappa shape index (κ3) is 6.74. The lowest BCUT2D eigenvalue weighted by molar-refractivity contribution is -0.129. The van der Waals surface area contributed by atoms with Crippen LogP contribution in [-0.2, 0) is 28.9 Å². The summed E-state index contributed by atoms with van der Waals surface area (Å²) in [6.07, 6.45) is 4.80. The summed E-state index contributed by atoms with van der Waals surface area (Å²) in [5, 5.41) is 12.0. The van der Waals surface area contributed by atoms with Crippen molar-refractivity contribution in [3.05, 3.63) is 74.9 Å². The molecule has 0 bridgehead atoms. The normalized spacial score (nSPS) is 17.9. The minimum Gasteiger partial charge on any atom is -0.477 e. The van der Waals surface area contributed by atoms with Crippen LogP contribution in [-0.4, -0.2) is 67.9 Å². The lowest BCUT2D eigenvalue weighted by atomic mass is 9.93. The highest BCUT2D eigenvalue weighted by atomic mass is 35.5. The number of halogens is 2. The largest absolute Gasteiger partial charge is 0.477 e. The van der Waals surface area contributed by atoms with Crippen molar-refractivity contribution >= 4 is 46.3 Å². The van der Waals surface area contributed by atoms with Gasteiger partial charge in [-0.2, -0.15) is 0 Å². The minimum atomic E-state index is -1.14. The zero-order valence-corrected chi connectivity index (χ0v) is 24.3. The van der Waals surface area contributed by atoms with Crippen LogP contribution in [0.5, 0.6) is 0 Å². The van der Waals surface area contributed by atoms with Gasteiger partial charge in [0.15, 0.2) is 10.8 Å². The maximum Gasteiger partial charge on any atom is 0.354 e. The van der Waals surface area contributed by atoms with Crippen molar-refractivity contribution in [2.45, 2.75) is 51.7 Å². The number of carboxylic acid groups (broad SMARTS) is 1. The molecule has 2 aromatic heterocycles. The first-order valence-corrected chi connectivity index (χ1v) is 14.8. The molecule has 2 aliphatic heterocycles. The first kappa shape index (κ1) is 29.1. The molecule has 1 atom stereocenters. The highest BCUT2D eigenvalue weighted by Crippen LogP contribution is 2.29. The monoisotopic (exact) mass is 599 g/mol. The Morgan fingerprint density at radius 1 is 1.29 bits per heavy atom. The van der Waals surface area contributed by atoms with Crippen molar-refractivity contribution in [1.82, 2.24) is 19.4 Å². The topological polar surface area (TPSA) is 110 Å². The van der Waals surface area contributed by atoms with Gasteiger partial charge in [-0.1, -0.05) is 24.2 Å². The van der Waals surface area contributed by atoms with E-state index in [1.807, 2.05) is 16.4 Å². The predicted octanol–water partition coefficient (Wildman–Crippen LogP) is 5.26. The van der Waals surface area contributed by atoms with Gasteiger partial charge < -0.3 is 19.3 Å². The van der Waals surface area contributed by atoms with Crippen LogP contribution in [0.25, 0.3) is 0 Å². The van der Waals surface area contributed by atoms with Gasteiger partial charge in [0.05, 0.1) is 24.0 Å². The minimum absolute atomic E-state index is 0.0483. The summed E-state index contributed by atoms with van der Waals surface area (Å²) in [5.41, 5.74) is 1.65. The second-order valence-electron chi connectivity index (χ2n) is 10.3. The van der Waals surface area contributed by atoms with E-state index in [0.717, 1.165) is 25.1 Å². The van der Waals surface area contributed by atoms with Gasteiger partial charge in [-0.3, -0.25) is 4.79 Å². The molecule has 0 radical (unpaired) electrons. The van der Waals surface area contributed by atoms with E-state index in [-0.39, 0.29) is 17.7 Å². The number of nitrogens with zero attached hydrogens (tertiary/aromatic N) is 5. The number of carbonyl (C=O) groups excluding carboxylic acids is 1. The molecule has 12 heteroatoms. The number of imidazole rings is 1. The summed E-state index contributed by atoms with van der Waals surface area (Å²) in [4.78, 5) is 40.2. The van der Waals surface area contributed by atoms with Crippen LogP contribution in [0.3, 0.4) is 0 Å². The third-order valence-corrected chi connectivity index (χ3v) is 8.61. The van der Waals surface area contributed by atoms with Crippen molar-refractivity contribution in [2.75, 3.05) is 19.7 Å². The molecule has 1 N–H and O–H groups in total. The van der Waals surface area contributed by atoms with Gasteiger partial charge in [0.25, 0.3) is 5.91 Å². The number of piperidine rings is 1. The molecular formula is C29H31ClFN5O4S. The summed E-state index contributed by atoms with van der Waals surface area (Å²) < 4.78 is 21.8. The summed E-state index contributed by atoms with van der Waals surface area (Å²) in [5.74, 6) is 0.0104. The smallest absolute Gasteiger partial charge is 0.354 e. The number of carbonyl (C=O) groups is 2. The lowest BCUT2D eigenvalue weighted by Gasteiger charge is -2.32. The second kappa shape index (κ2) is 12.6. The van der Waals surface area contributed by atoms with E-state index >= 15 is 0 Å². The van der Waals surface area contributed by atoms with E-state index in [4.69, 9.17) is 21.3 Å². The van der Waals surface area contributed by atoms with Crippen LogP contribution in [0.1, 0.15) is 51.8 Å². The summed E-state index contributed by atoms with van der Waals surface area (Å²) in [6.45, 7) is 7.87. The van der Waals surface area contributed by atoms with E-state index in [2.05, 4.69) is 16.6 Å². The number of benzene rings is 1. The van der Waals surface area contributed by atoms with Crippen molar-refractivity contribution in [3.63, 3.8) is 0 Å². The van der Waals surface area contributed by atoms with E-state index in [1.165, 1.54) is 23.5 Å². The van der Waals surface area contributed by atoms with Crippen molar-refractivity contribution in [2.24, 2.45) is 10.9 Å². The highest BCUT2D eigenvalue weighted by molar-refractivity contribution is 7.11. The molecule has 9 nitrogen and oxygen atoms in total. The number of aryl methyl sites for hydroxylation is 1. The van der Waals surface area contributed by atoms with E-state index in [9.17, 15) is 19.1 Å². The number of aromatic nitrogens is 3. The van der Waals surface area contributed by atoms with Gasteiger partial charge in [0.1, 0.15) is 17.4 Å². The van der Waals surface area contributed by atoms with Crippen LogP contribution in [0.15, 0.2) is 41.2 Å². The number of rotatable bonds is 10. The Morgan fingerprint density at radius 2 is 2.05 bits per heavy atom. The number of hydrogen-bond acceptors (Lipinski definition) is 7. The molecule has 0 spiro atoms. The molecule has 3 aromatic rings. The number of likely N-dealkylation sites (tertiary alicyclic amines) is 1. The Bertz CT molecular complexity index is 1490. The molecule has 0 aliphatic carbocycles. The Kier molecular flexibility index (Phi) is 8.96. The Morgan fingerprint density at radius 3 is 2.68 bits per heavy atom. The van der Waals surface area contributed by atoms with Crippen LogP contribution < -0.4 is 0 Å². The fourth-order valence-corrected chi connectivity index (χ4v) is 6.06. The number of hydrogen-bond donors (Lipinski definition) is 1. The number of carboxylic acids is 1. The molecule has 2 fully saturated rings. The van der Waals surface area contributed by atoms with Crippen molar-refractivity contribution < 1.29 is 23.8 Å². The van der Waals surface area contributed by atoms with E-state index in [1.54, 1.807) is 17.5 Å². The Labute approximate surface area is 246 Å². The summed E-state index contributed by atoms with van der Waals surface area (Å²) in [7, 11) is 0. The molecule has 0 saturated carbocycles. The third-order valence-electron chi connectivity index (χ3n) is 7.50. The number of thiazole rings is 1. The van der Waals surface area contributed by atoms with Gasteiger partial charge >= 0.3 is 5.97 Å². The molecule has 4 heterocycles. The molecular weight excluding hydrogens is 569 g/mol. The highest BCUT2D eigenvalue weighted by Gasteiger charge is 2.29. The Balaban J connectivity index is 1.23. The fraction of sp³-hybridized carbons (Fsp3) is 0.414. The second-order valence-corrected chi connectivity index (χ2v) is 11.6. The average molecular weight is 600 g/mol. The zero-order chi connectivity index (χ0) is 29.1. The van der Waals surface area contributed by atoms with Crippen molar-refractivity contribution in [1.29, 1.82) is 0 Å². The number of amides is 1. The summed E-state index contributed by atoms with van der Waals surface area (Å²) in [6, 6.07) is 4.55. The molecule has 2 saturated heterocycles. The predicted molar refractivity (Wildman–Crippen MR) is 155 cm³/mol. The quantitative estimate of drug-likeness (QED) is 0.318. The summed E-state index contributed by atoms with van der Waals surface area (Å²) >= 11 is 7.12. The molecule has 0 unspecified atom stereocenters. The molecule has 1 amide bonds. The fourth-order valence-electron chi connectivity index (χ4n) is 5.12. The van der Waals surface area contributed by atoms with Crippen LogP contribution in [0.4, 0.5) is 10.2 Å². The lowest BCUT2D eigenvalue weighted by Crippen LogP contribution is -2.39. The van der Waals surface area contributed by atoms with Gasteiger partial charge in [0.2, 0.25) is 0 Å². The standard InChI is InChI=1S/C29H31ClFN5O4S/c1-3-24(29(38)39)34-26-17(2)32-25(36(26)15-22-8-11-40-22)12-18-6-9-35(10-7-18)28(37)27-33-21(16-41-27)13-19-4-5-20(30)14-23(19)31/h3-5,14,16,18,22H,1,6-13,15H2,2H3,(H,38,39)/t22-/m0/s1. The van der Waals surface area contributed by atoms with Gasteiger partial charge in [-0.05, 0) is 55.9 Å². The molecule has 1 aromatic carbocycles. The first-order valence-electron chi connectivity index (χ1n) is 13.5. The molecule has 2 aliphatic rings. The first-order chi connectivity index (χ1) is 19.7. The maximum atomic E-state index is 14.2. The number of aliphatic imine (C=N–C) groups is 1.